The van der Waals surface area contributed by atoms with Crippen molar-refractivity contribution in [2.75, 3.05) is 13.7 Å². The Hall–Kier alpha value is -1.94. The summed E-state index contributed by atoms with van der Waals surface area (Å²) in [6.07, 6.45) is 4.37. The smallest absolute Gasteiger partial charge is 0.134 e. The van der Waals surface area contributed by atoms with Gasteiger partial charge >= 0.3 is 0 Å². The van der Waals surface area contributed by atoms with Crippen molar-refractivity contribution in [1.29, 1.82) is 0 Å². The third-order valence-electron chi connectivity index (χ3n) is 3.42. The van der Waals surface area contributed by atoms with E-state index in [-0.39, 0.29) is 5.82 Å². The highest BCUT2D eigenvalue weighted by Crippen LogP contribution is 2.28. The predicted molar refractivity (Wildman–Crippen MR) is 78.3 cm³/mol. The lowest BCUT2D eigenvalue weighted by Gasteiger charge is -2.12. The number of hydrogen-bond donors (Lipinski definition) is 1. The monoisotopic (exact) mass is 274 g/mol. The number of hydrogen-bond acceptors (Lipinski definition) is 3. The first kappa shape index (κ1) is 14.5. The van der Waals surface area contributed by atoms with E-state index in [4.69, 9.17) is 10.5 Å². The van der Waals surface area contributed by atoms with Gasteiger partial charge in [0.25, 0.3) is 0 Å². The fraction of sp³-hybridized carbons (Fsp3) is 0.312. The van der Waals surface area contributed by atoms with E-state index in [1.165, 1.54) is 13.2 Å². The minimum Gasteiger partial charge on any atom is -0.497 e. The molecule has 0 aliphatic carbocycles. The highest BCUT2D eigenvalue weighted by Gasteiger charge is 2.10. The van der Waals surface area contributed by atoms with Gasteiger partial charge in [0.1, 0.15) is 11.6 Å². The van der Waals surface area contributed by atoms with E-state index in [1.54, 1.807) is 18.3 Å². The maximum absolute atomic E-state index is 14.1. The van der Waals surface area contributed by atoms with Crippen LogP contribution in [0.2, 0.25) is 0 Å². The summed E-state index contributed by atoms with van der Waals surface area (Å²) in [5, 5.41) is 0. The summed E-state index contributed by atoms with van der Waals surface area (Å²) in [6, 6.07) is 6.81. The lowest BCUT2D eigenvalue weighted by molar-refractivity contribution is 0.411. The molecule has 1 aromatic heterocycles. The van der Waals surface area contributed by atoms with Crippen molar-refractivity contribution in [1.82, 2.24) is 4.98 Å². The molecule has 1 heterocycles. The molecule has 1 aromatic carbocycles. The van der Waals surface area contributed by atoms with Crippen molar-refractivity contribution in [2.45, 2.75) is 19.3 Å². The van der Waals surface area contributed by atoms with Crippen LogP contribution in [0, 0.1) is 5.82 Å². The number of pyridine rings is 1. The topological polar surface area (TPSA) is 48.1 Å². The summed E-state index contributed by atoms with van der Waals surface area (Å²) in [4.78, 5) is 4.21. The number of ether oxygens (including phenoxy) is 1. The molecule has 0 spiro atoms. The van der Waals surface area contributed by atoms with Crippen LogP contribution in [0.25, 0.3) is 11.1 Å². The zero-order valence-corrected chi connectivity index (χ0v) is 11.8. The van der Waals surface area contributed by atoms with Crippen molar-refractivity contribution in [3.05, 3.63) is 48.0 Å². The maximum atomic E-state index is 14.1. The number of nitrogens with zero attached hydrogens (tertiary/aromatic N) is 1. The largest absolute Gasteiger partial charge is 0.497 e. The van der Waals surface area contributed by atoms with Crippen LogP contribution in [-0.2, 0) is 0 Å². The first-order chi connectivity index (χ1) is 9.65. The number of rotatable bonds is 5. The van der Waals surface area contributed by atoms with Gasteiger partial charge in [-0.05, 0) is 42.6 Å². The van der Waals surface area contributed by atoms with Gasteiger partial charge in [-0.2, -0.15) is 0 Å². The van der Waals surface area contributed by atoms with Crippen LogP contribution in [0.1, 0.15) is 24.8 Å². The fourth-order valence-corrected chi connectivity index (χ4v) is 2.15. The van der Waals surface area contributed by atoms with Crippen molar-refractivity contribution >= 4 is 0 Å². The molecule has 0 saturated carbocycles. The van der Waals surface area contributed by atoms with Crippen LogP contribution < -0.4 is 10.5 Å². The SMILES string of the molecule is COc1ccc(-c2cncc(C(C)CCN)c2)c(F)c1. The lowest BCUT2D eigenvalue weighted by atomic mass is 9.96. The summed E-state index contributed by atoms with van der Waals surface area (Å²) >= 11 is 0. The molecule has 4 heteroatoms. The van der Waals surface area contributed by atoms with Gasteiger partial charge in [0.2, 0.25) is 0 Å². The van der Waals surface area contributed by atoms with Gasteiger partial charge in [-0.25, -0.2) is 4.39 Å². The third kappa shape index (κ3) is 3.14. The van der Waals surface area contributed by atoms with E-state index >= 15 is 0 Å². The van der Waals surface area contributed by atoms with Gasteiger partial charge in [0.05, 0.1) is 7.11 Å². The average Bonchev–Trinajstić information content (AvgIpc) is 2.47. The first-order valence-corrected chi connectivity index (χ1v) is 6.64. The summed E-state index contributed by atoms with van der Waals surface area (Å²) in [6.45, 7) is 2.72. The van der Waals surface area contributed by atoms with E-state index in [0.29, 0.717) is 23.8 Å². The van der Waals surface area contributed by atoms with Crippen molar-refractivity contribution in [3.63, 3.8) is 0 Å². The molecule has 20 heavy (non-hydrogen) atoms. The number of aromatic nitrogens is 1. The number of methoxy groups -OCH3 is 1. The molecule has 106 valence electrons. The van der Waals surface area contributed by atoms with Gasteiger partial charge in [-0.15, -0.1) is 0 Å². The van der Waals surface area contributed by atoms with E-state index in [0.717, 1.165) is 17.5 Å². The second kappa shape index (κ2) is 6.48. The number of benzene rings is 1. The Balaban J connectivity index is 2.35. The molecular weight excluding hydrogens is 255 g/mol. The minimum absolute atomic E-state index is 0.310. The molecule has 0 fully saturated rings. The van der Waals surface area contributed by atoms with Crippen LogP contribution >= 0.6 is 0 Å². The van der Waals surface area contributed by atoms with E-state index < -0.39 is 0 Å². The average molecular weight is 274 g/mol. The number of halogens is 1. The molecule has 2 N–H and O–H groups in total. The zero-order valence-electron chi connectivity index (χ0n) is 11.8. The van der Waals surface area contributed by atoms with Gasteiger partial charge in [-0.1, -0.05) is 6.92 Å². The summed E-state index contributed by atoms with van der Waals surface area (Å²) in [5.74, 6) is 0.510. The highest BCUT2D eigenvalue weighted by atomic mass is 19.1. The van der Waals surface area contributed by atoms with Gasteiger partial charge in [0, 0.05) is 29.6 Å². The molecule has 2 aromatic rings. The Morgan fingerprint density at radius 3 is 2.75 bits per heavy atom. The lowest BCUT2D eigenvalue weighted by Crippen LogP contribution is -2.05. The molecule has 3 nitrogen and oxygen atoms in total. The Bertz CT molecular complexity index is 586. The first-order valence-electron chi connectivity index (χ1n) is 6.64. The normalized spacial score (nSPS) is 12.2. The Labute approximate surface area is 118 Å². The van der Waals surface area contributed by atoms with E-state index in [2.05, 4.69) is 11.9 Å². The molecular formula is C16H19FN2O. The standard InChI is InChI=1S/C16H19FN2O/c1-11(5-6-18)12-7-13(10-19-9-12)15-4-3-14(20-2)8-16(15)17/h3-4,7-11H,5-6,18H2,1-2H3. The quantitative estimate of drug-likeness (QED) is 0.909. The second-order valence-electron chi connectivity index (χ2n) is 4.83. The van der Waals surface area contributed by atoms with Crippen LogP contribution in [0.3, 0.4) is 0 Å². The Kier molecular flexibility index (Phi) is 4.69. The van der Waals surface area contributed by atoms with Crippen LogP contribution in [-0.4, -0.2) is 18.6 Å². The molecule has 0 radical (unpaired) electrons. The molecule has 2 rings (SSSR count). The molecule has 0 bridgehead atoms. The van der Waals surface area contributed by atoms with E-state index in [1.807, 2.05) is 12.3 Å². The molecule has 1 atom stereocenters. The fourth-order valence-electron chi connectivity index (χ4n) is 2.15. The predicted octanol–water partition coefficient (Wildman–Crippen LogP) is 3.35. The van der Waals surface area contributed by atoms with Crippen molar-refractivity contribution < 1.29 is 9.13 Å². The van der Waals surface area contributed by atoms with Crippen LogP contribution in [0.15, 0.2) is 36.7 Å². The van der Waals surface area contributed by atoms with E-state index in [9.17, 15) is 4.39 Å². The minimum atomic E-state index is -0.310. The van der Waals surface area contributed by atoms with Crippen LogP contribution in [0.5, 0.6) is 5.75 Å². The van der Waals surface area contributed by atoms with Crippen molar-refractivity contribution in [2.24, 2.45) is 5.73 Å². The summed E-state index contributed by atoms with van der Waals surface area (Å²) in [5.41, 5.74) is 7.95. The molecule has 0 amide bonds. The van der Waals surface area contributed by atoms with Gasteiger partial charge in [-0.3, -0.25) is 4.98 Å². The Morgan fingerprint density at radius 2 is 2.10 bits per heavy atom. The maximum Gasteiger partial charge on any atom is 0.134 e. The molecule has 0 saturated heterocycles. The van der Waals surface area contributed by atoms with Crippen molar-refractivity contribution in [3.8, 4) is 16.9 Å². The second-order valence-corrected chi connectivity index (χ2v) is 4.83. The van der Waals surface area contributed by atoms with Gasteiger partial charge < -0.3 is 10.5 Å². The van der Waals surface area contributed by atoms with Gasteiger partial charge in [0.15, 0.2) is 0 Å². The molecule has 1 unspecified atom stereocenters. The zero-order chi connectivity index (χ0) is 14.5. The Morgan fingerprint density at radius 1 is 1.30 bits per heavy atom. The highest BCUT2D eigenvalue weighted by molar-refractivity contribution is 5.64. The molecule has 0 aliphatic heterocycles. The summed E-state index contributed by atoms with van der Waals surface area (Å²) < 4.78 is 19.1. The van der Waals surface area contributed by atoms with Crippen LogP contribution in [0.4, 0.5) is 4.39 Å². The number of nitrogens with two attached hydrogens (primary N) is 1. The third-order valence-corrected chi connectivity index (χ3v) is 3.42. The molecule has 0 aliphatic rings. The summed E-state index contributed by atoms with van der Waals surface area (Å²) in [7, 11) is 1.52.